The highest BCUT2D eigenvalue weighted by Crippen LogP contribution is 2.17. The van der Waals surface area contributed by atoms with E-state index in [1.54, 1.807) is 12.0 Å². The maximum Gasteiger partial charge on any atom is 0.409 e. The van der Waals surface area contributed by atoms with E-state index >= 15 is 0 Å². The molecule has 0 saturated carbocycles. The van der Waals surface area contributed by atoms with Crippen molar-refractivity contribution in [3.63, 3.8) is 0 Å². The molecule has 64 valence electrons. The van der Waals surface area contributed by atoms with Crippen molar-refractivity contribution in [2.24, 2.45) is 0 Å². The van der Waals surface area contributed by atoms with Crippen molar-refractivity contribution < 1.29 is 14.3 Å². The number of carbonyl (C=O) groups excluding carboxylic acids is 1. The lowest BCUT2D eigenvalue weighted by atomic mass is 10.1. The maximum atomic E-state index is 10.9. The van der Waals surface area contributed by atoms with Gasteiger partial charge in [-0.05, 0) is 6.42 Å². The maximum absolute atomic E-state index is 10.9. The fourth-order valence-corrected chi connectivity index (χ4v) is 1.16. The zero-order valence-electron chi connectivity index (χ0n) is 6.87. The van der Waals surface area contributed by atoms with Crippen molar-refractivity contribution >= 4 is 6.09 Å². The Morgan fingerprint density at radius 1 is 1.64 bits per heavy atom. The molecule has 1 rings (SSSR count). The van der Waals surface area contributed by atoms with E-state index in [1.807, 2.05) is 0 Å². The lowest BCUT2D eigenvalue weighted by molar-refractivity contribution is 0.0212. The van der Waals surface area contributed by atoms with Crippen molar-refractivity contribution in [2.75, 3.05) is 27.4 Å². The number of nitrogens with zero attached hydrogens (tertiary/aromatic N) is 1. The lowest BCUT2D eigenvalue weighted by Gasteiger charge is -2.38. The van der Waals surface area contributed by atoms with Gasteiger partial charge in [-0.3, -0.25) is 0 Å². The van der Waals surface area contributed by atoms with E-state index in [9.17, 15) is 4.79 Å². The van der Waals surface area contributed by atoms with Gasteiger partial charge < -0.3 is 14.4 Å². The number of amides is 1. The van der Waals surface area contributed by atoms with Crippen LogP contribution in [0.4, 0.5) is 4.79 Å². The molecule has 0 bridgehead atoms. The Kier molecular flexibility index (Phi) is 2.70. The first-order valence-electron chi connectivity index (χ1n) is 3.63. The summed E-state index contributed by atoms with van der Waals surface area (Å²) in [6.45, 7) is 1.40. The first-order valence-corrected chi connectivity index (χ1v) is 3.63. The summed E-state index contributed by atoms with van der Waals surface area (Å²) in [5.41, 5.74) is 0. The van der Waals surface area contributed by atoms with Crippen LogP contribution in [0.2, 0.25) is 0 Å². The predicted molar refractivity (Wildman–Crippen MR) is 39.4 cm³/mol. The van der Waals surface area contributed by atoms with Crippen LogP contribution in [0.15, 0.2) is 0 Å². The standard InChI is InChI=1S/C7H13NO3/c1-10-5-6-3-4-8(6)7(9)11-2/h6H,3-5H2,1-2H3. The first kappa shape index (κ1) is 8.33. The van der Waals surface area contributed by atoms with Crippen LogP contribution in [0.25, 0.3) is 0 Å². The van der Waals surface area contributed by atoms with Gasteiger partial charge in [-0.2, -0.15) is 0 Å². The summed E-state index contributed by atoms with van der Waals surface area (Å²) in [5, 5.41) is 0. The Morgan fingerprint density at radius 3 is 2.73 bits per heavy atom. The Bertz CT molecular complexity index is 149. The number of likely N-dealkylation sites (tertiary alicyclic amines) is 1. The summed E-state index contributed by atoms with van der Waals surface area (Å²) in [6, 6.07) is 0.229. The molecule has 1 saturated heterocycles. The fourth-order valence-electron chi connectivity index (χ4n) is 1.16. The molecule has 1 heterocycles. The lowest BCUT2D eigenvalue weighted by Crippen LogP contribution is -2.53. The Hall–Kier alpha value is -0.770. The number of hydrogen-bond acceptors (Lipinski definition) is 3. The highest BCUT2D eigenvalue weighted by atomic mass is 16.5. The molecule has 0 aromatic rings. The minimum absolute atomic E-state index is 0.229. The first-order chi connectivity index (χ1) is 5.29. The number of ether oxygens (including phenoxy) is 2. The van der Waals surface area contributed by atoms with Crippen molar-refractivity contribution in [1.29, 1.82) is 0 Å². The van der Waals surface area contributed by atoms with Gasteiger partial charge in [0.05, 0.1) is 19.8 Å². The molecule has 0 aromatic carbocycles. The summed E-state index contributed by atoms with van der Waals surface area (Å²) < 4.78 is 9.48. The number of hydrogen-bond donors (Lipinski definition) is 0. The molecule has 1 atom stereocenters. The minimum Gasteiger partial charge on any atom is -0.453 e. The van der Waals surface area contributed by atoms with Crippen molar-refractivity contribution in [1.82, 2.24) is 4.90 Å². The van der Waals surface area contributed by atoms with Gasteiger partial charge >= 0.3 is 6.09 Å². The van der Waals surface area contributed by atoms with Crippen molar-refractivity contribution in [3.8, 4) is 0 Å². The second-order valence-electron chi connectivity index (χ2n) is 2.56. The van der Waals surface area contributed by atoms with Gasteiger partial charge in [-0.15, -0.1) is 0 Å². The molecule has 0 N–H and O–H groups in total. The monoisotopic (exact) mass is 159 g/mol. The summed E-state index contributed by atoms with van der Waals surface area (Å²) >= 11 is 0. The normalized spacial score (nSPS) is 22.7. The second kappa shape index (κ2) is 3.57. The van der Waals surface area contributed by atoms with Gasteiger partial charge in [0.1, 0.15) is 0 Å². The molecule has 0 spiro atoms. The van der Waals surface area contributed by atoms with Gasteiger partial charge in [0.15, 0.2) is 0 Å². The molecule has 0 aromatic heterocycles. The topological polar surface area (TPSA) is 38.8 Å². The summed E-state index contributed by atoms with van der Waals surface area (Å²) in [7, 11) is 3.03. The molecule has 11 heavy (non-hydrogen) atoms. The van der Waals surface area contributed by atoms with Crippen LogP contribution >= 0.6 is 0 Å². The predicted octanol–water partition coefficient (Wildman–Crippen LogP) is 0.474. The number of carbonyl (C=O) groups is 1. The van der Waals surface area contributed by atoms with Gasteiger partial charge in [-0.1, -0.05) is 0 Å². The molecular weight excluding hydrogens is 146 g/mol. The molecule has 1 aliphatic rings. The van der Waals surface area contributed by atoms with E-state index < -0.39 is 0 Å². The largest absolute Gasteiger partial charge is 0.453 e. The molecule has 0 radical (unpaired) electrons. The third-order valence-corrected chi connectivity index (χ3v) is 1.91. The fraction of sp³-hybridized carbons (Fsp3) is 0.857. The summed E-state index contributed by atoms with van der Waals surface area (Å²) in [6.07, 6.45) is 0.765. The van der Waals surface area contributed by atoms with Gasteiger partial charge in [-0.25, -0.2) is 4.79 Å². The summed E-state index contributed by atoms with van der Waals surface area (Å²) in [5.74, 6) is 0. The minimum atomic E-state index is -0.252. The van der Waals surface area contributed by atoms with E-state index in [-0.39, 0.29) is 12.1 Å². The molecule has 1 amide bonds. The van der Waals surface area contributed by atoms with Gasteiger partial charge in [0.25, 0.3) is 0 Å². The van der Waals surface area contributed by atoms with E-state index in [2.05, 4.69) is 4.74 Å². The van der Waals surface area contributed by atoms with Crippen LogP contribution in [-0.2, 0) is 9.47 Å². The van der Waals surface area contributed by atoms with Crippen molar-refractivity contribution in [2.45, 2.75) is 12.5 Å². The van der Waals surface area contributed by atoms with Gasteiger partial charge in [0.2, 0.25) is 0 Å². The Labute approximate surface area is 66.1 Å². The van der Waals surface area contributed by atoms with E-state index in [0.29, 0.717) is 6.61 Å². The second-order valence-corrected chi connectivity index (χ2v) is 2.56. The van der Waals surface area contributed by atoms with Crippen LogP contribution in [0.5, 0.6) is 0 Å². The van der Waals surface area contributed by atoms with Crippen LogP contribution in [0.3, 0.4) is 0 Å². The third-order valence-electron chi connectivity index (χ3n) is 1.91. The number of methoxy groups -OCH3 is 2. The number of rotatable bonds is 2. The zero-order chi connectivity index (χ0) is 8.27. The van der Waals surface area contributed by atoms with E-state index in [4.69, 9.17) is 4.74 Å². The zero-order valence-corrected chi connectivity index (χ0v) is 6.87. The molecule has 4 heteroatoms. The quantitative estimate of drug-likeness (QED) is 0.588. The molecule has 4 nitrogen and oxygen atoms in total. The highest BCUT2D eigenvalue weighted by molar-refractivity contribution is 5.68. The Morgan fingerprint density at radius 2 is 2.36 bits per heavy atom. The average Bonchev–Trinajstić information content (AvgIpc) is 1.98. The summed E-state index contributed by atoms with van der Waals surface area (Å²) in [4.78, 5) is 12.6. The van der Waals surface area contributed by atoms with Crippen LogP contribution in [0, 0.1) is 0 Å². The van der Waals surface area contributed by atoms with Crippen molar-refractivity contribution in [3.05, 3.63) is 0 Å². The van der Waals surface area contributed by atoms with E-state index in [1.165, 1.54) is 7.11 Å². The molecule has 0 aliphatic carbocycles. The van der Waals surface area contributed by atoms with E-state index in [0.717, 1.165) is 13.0 Å². The van der Waals surface area contributed by atoms with Crippen LogP contribution in [0.1, 0.15) is 6.42 Å². The smallest absolute Gasteiger partial charge is 0.409 e. The van der Waals surface area contributed by atoms with Crippen LogP contribution in [-0.4, -0.2) is 44.4 Å². The third kappa shape index (κ3) is 1.63. The molecular formula is C7H13NO3. The molecule has 1 unspecified atom stereocenters. The SMILES string of the molecule is COCC1CCN1C(=O)OC. The van der Waals surface area contributed by atoms with Crippen LogP contribution < -0.4 is 0 Å². The molecule has 1 aliphatic heterocycles. The highest BCUT2D eigenvalue weighted by Gasteiger charge is 2.32. The average molecular weight is 159 g/mol. The molecule has 1 fully saturated rings. The van der Waals surface area contributed by atoms with Gasteiger partial charge in [0, 0.05) is 13.7 Å². The Balaban J connectivity index is 2.30.